The monoisotopic (exact) mass is 647 g/mol. The molecule has 226 valence electrons. The van der Waals surface area contributed by atoms with Crippen LogP contribution in [0.25, 0.3) is 90.1 Å². The Kier molecular flexibility index (Phi) is 5.27. The highest BCUT2D eigenvalue weighted by atomic mass is 32.1. The second kappa shape index (κ2) is 9.44. The van der Waals surface area contributed by atoms with Crippen LogP contribution in [0.4, 0.5) is 0 Å². The zero-order valence-electron chi connectivity index (χ0n) is 26.5. The van der Waals surface area contributed by atoms with Crippen LogP contribution in [0.15, 0.2) is 140 Å². The van der Waals surface area contributed by atoms with Gasteiger partial charge in [-0.3, -0.25) is 0 Å². The maximum atomic E-state index is 2.51. The van der Waals surface area contributed by atoms with Crippen molar-refractivity contribution in [3.8, 4) is 27.9 Å². The Labute approximate surface area is 285 Å². The van der Waals surface area contributed by atoms with Gasteiger partial charge in [-0.1, -0.05) is 111 Å². The normalized spacial score (nSPS) is 13.8. The van der Waals surface area contributed by atoms with E-state index in [4.69, 9.17) is 0 Å². The first-order valence-corrected chi connectivity index (χ1v) is 18.2. The predicted octanol–water partition coefficient (Wildman–Crippen LogP) is 13.5. The SMILES string of the molecule is CC1(C)c2ccccc2-c2cc(-c3ccc4c5ccccc5n(-c5cccc6c5sc5cc7sc8ccccc8c7cc56)c4c3)ccc21. The molecule has 0 spiro atoms. The maximum absolute atomic E-state index is 2.51. The molecule has 0 fully saturated rings. The number of benzene rings is 7. The molecule has 48 heavy (non-hydrogen) atoms. The molecule has 3 heteroatoms. The van der Waals surface area contributed by atoms with E-state index >= 15 is 0 Å². The minimum atomic E-state index is 0.00594. The van der Waals surface area contributed by atoms with Gasteiger partial charge >= 0.3 is 0 Å². The summed E-state index contributed by atoms with van der Waals surface area (Å²) < 4.78 is 7.90. The molecular formula is C45H29NS2. The van der Waals surface area contributed by atoms with Crippen molar-refractivity contribution in [3.63, 3.8) is 0 Å². The van der Waals surface area contributed by atoms with Crippen molar-refractivity contribution < 1.29 is 0 Å². The zero-order chi connectivity index (χ0) is 31.7. The van der Waals surface area contributed by atoms with E-state index in [1.807, 2.05) is 22.7 Å². The molecule has 11 rings (SSSR count). The Bertz CT molecular complexity index is 2980. The fourth-order valence-corrected chi connectivity index (χ4v) is 10.9. The van der Waals surface area contributed by atoms with E-state index in [1.165, 1.54) is 101 Å². The molecular weight excluding hydrogens is 619 g/mol. The fourth-order valence-electron chi connectivity index (χ4n) is 8.49. The molecule has 0 aliphatic heterocycles. The van der Waals surface area contributed by atoms with Gasteiger partial charge in [-0.15, -0.1) is 22.7 Å². The van der Waals surface area contributed by atoms with Crippen LogP contribution in [-0.4, -0.2) is 4.57 Å². The highest BCUT2D eigenvalue weighted by Crippen LogP contribution is 2.50. The number of thiophene rings is 2. The molecule has 0 bridgehead atoms. The quantitative estimate of drug-likeness (QED) is 0.176. The molecule has 0 radical (unpaired) electrons. The van der Waals surface area contributed by atoms with Gasteiger partial charge in [0.05, 0.1) is 21.4 Å². The number of nitrogens with zero attached hydrogens (tertiary/aromatic N) is 1. The van der Waals surface area contributed by atoms with Gasteiger partial charge in [0.15, 0.2) is 0 Å². The van der Waals surface area contributed by atoms with Crippen LogP contribution in [0.3, 0.4) is 0 Å². The van der Waals surface area contributed by atoms with Crippen LogP contribution < -0.4 is 0 Å². The number of hydrogen-bond acceptors (Lipinski definition) is 2. The predicted molar refractivity (Wildman–Crippen MR) is 210 cm³/mol. The standard InChI is InChI=1S/C45H29NS2/c1-45(2)36-14-6-3-10-28(36)33-22-26(19-21-37(33)45)27-18-20-30-29-11-4-7-15-38(29)46(40(30)23-27)39-16-9-13-32-35-24-34-31-12-5-8-17-41(31)47-42(34)25-43(35)48-44(32)39/h3-25H,1-2H3. The van der Waals surface area contributed by atoms with Crippen LogP contribution >= 0.6 is 22.7 Å². The third-order valence-electron chi connectivity index (χ3n) is 10.8. The molecule has 7 aromatic carbocycles. The van der Waals surface area contributed by atoms with Crippen molar-refractivity contribution in [1.29, 1.82) is 0 Å². The maximum Gasteiger partial charge on any atom is 0.0640 e. The summed E-state index contributed by atoms with van der Waals surface area (Å²) in [5.74, 6) is 0. The van der Waals surface area contributed by atoms with Crippen molar-refractivity contribution in [3.05, 3.63) is 151 Å². The summed E-state index contributed by atoms with van der Waals surface area (Å²) >= 11 is 3.82. The van der Waals surface area contributed by atoms with E-state index in [9.17, 15) is 0 Å². The van der Waals surface area contributed by atoms with Gasteiger partial charge in [-0.25, -0.2) is 0 Å². The average Bonchev–Trinajstić information content (AvgIpc) is 3.83. The number of fused-ring (bicyclic) bond motifs is 12. The first-order chi connectivity index (χ1) is 23.5. The highest BCUT2D eigenvalue weighted by Gasteiger charge is 2.35. The Morgan fingerprint density at radius 1 is 0.438 bits per heavy atom. The van der Waals surface area contributed by atoms with Gasteiger partial charge in [0, 0.05) is 51.8 Å². The molecule has 0 amide bonds. The summed E-state index contributed by atoms with van der Waals surface area (Å²) in [4.78, 5) is 0. The molecule has 1 aliphatic rings. The van der Waals surface area contributed by atoms with Crippen LogP contribution in [-0.2, 0) is 5.41 Å². The van der Waals surface area contributed by atoms with Gasteiger partial charge in [-0.2, -0.15) is 0 Å². The van der Waals surface area contributed by atoms with E-state index in [-0.39, 0.29) is 5.41 Å². The van der Waals surface area contributed by atoms with E-state index < -0.39 is 0 Å². The Balaban J connectivity index is 1.15. The summed E-state index contributed by atoms with van der Waals surface area (Å²) in [5, 5.41) is 7.95. The van der Waals surface area contributed by atoms with Gasteiger partial charge in [-0.05, 0) is 75.8 Å². The van der Waals surface area contributed by atoms with Crippen molar-refractivity contribution in [2.24, 2.45) is 0 Å². The third-order valence-corrected chi connectivity index (χ3v) is 13.1. The Hall–Kier alpha value is -5.22. The molecule has 1 aliphatic carbocycles. The molecule has 0 saturated carbocycles. The summed E-state index contributed by atoms with van der Waals surface area (Å²) in [5.41, 5.74) is 11.8. The van der Waals surface area contributed by atoms with E-state index in [0.29, 0.717) is 0 Å². The lowest BCUT2D eigenvalue weighted by atomic mass is 9.82. The average molecular weight is 648 g/mol. The Morgan fingerprint density at radius 2 is 1.12 bits per heavy atom. The fraction of sp³-hybridized carbons (Fsp3) is 0.0667. The van der Waals surface area contributed by atoms with Crippen molar-refractivity contribution in [2.75, 3.05) is 0 Å². The van der Waals surface area contributed by atoms with Crippen LogP contribution in [0.1, 0.15) is 25.0 Å². The second-order valence-corrected chi connectivity index (χ2v) is 15.9. The van der Waals surface area contributed by atoms with Crippen LogP contribution in [0.2, 0.25) is 0 Å². The minimum Gasteiger partial charge on any atom is -0.308 e. The van der Waals surface area contributed by atoms with Gasteiger partial charge in [0.2, 0.25) is 0 Å². The summed E-state index contributed by atoms with van der Waals surface area (Å²) in [7, 11) is 0. The van der Waals surface area contributed by atoms with Crippen LogP contribution in [0.5, 0.6) is 0 Å². The first kappa shape index (κ1) is 26.8. The van der Waals surface area contributed by atoms with E-state index in [2.05, 4.69) is 158 Å². The van der Waals surface area contributed by atoms with Crippen LogP contribution in [0, 0.1) is 0 Å². The van der Waals surface area contributed by atoms with Gasteiger partial charge in [0.1, 0.15) is 0 Å². The largest absolute Gasteiger partial charge is 0.308 e. The summed E-state index contributed by atoms with van der Waals surface area (Å²) in [6.07, 6.45) is 0. The Morgan fingerprint density at radius 3 is 2.06 bits per heavy atom. The lowest BCUT2D eigenvalue weighted by Gasteiger charge is -2.21. The third kappa shape index (κ3) is 3.50. The van der Waals surface area contributed by atoms with Gasteiger partial charge in [0.25, 0.3) is 0 Å². The molecule has 3 aromatic heterocycles. The topological polar surface area (TPSA) is 4.93 Å². The zero-order valence-corrected chi connectivity index (χ0v) is 28.2. The van der Waals surface area contributed by atoms with E-state index in [0.717, 1.165) is 0 Å². The molecule has 1 nitrogen and oxygen atoms in total. The molecule has 0 saturated heterocycles. The van der Waals surface area contributed by atoms with E-state index in [1.54, 1.807) is 0 Å². The number of hydrogen-bond donors (Lipinski definition) is 0. The second-order valence-electron chi connectivity index (χ2n) is 13.7. The number of aromatic nitrogens is 1. The number of para-hydroxylation sites is 1. The van der Waals surface area contributed by atoms with Crippen molar-refractivity contribution in [2.45, 2.75) is 19.3 Å². The molecule has 0 atom stereocenters. The van der Waals surface area contributed by atoms with Gasteiger partial charge < -0.3 is 4.57 Å². The summed E-state index contributed by atoms with van der Waals surface area (Å²) in [6, 6.07) is 52.4. The van der Waals surface area contributed by atoms with Crippen molar-refractivity contribution in [1.82, 2.24) is 4.57 Å². The smallest absolute Gasteiger partial charge is 0.0640 e. The lowest BCUT2D eigenvalue weighted by Crippen LogP contribution is -2.14. The first-order valence-electron chi connectivity index (χ1n) is 16.6. The molecule has 3 heterocycles. The molecule has 0 N–H and O–H groups in total. The van der Waals surface area contributed by atoms with Crippen molar-refractivity contribution >= 4 is 84.8 Å². The number of rotatable bonds is 2. The highest BCUT2D eigenvalue weighted by molar-refractivity contribution is 7.28. The molecule has 10 aromatic rings. The summed E-state index contributed by atoms with van der Waals surface area (Å²) in [6.45, 7) is 4.70. The lowest BCUT2D eigenvalue weighted by molar-refractivity contribution is 0.660. The minimum absolute atomic E-state index is 0.00594. The molecule has 0 unspecified atom stereocenters.